The van der Waals surface area contributed by atoms with Crippen molar-refractivity contribution in [3.63, 3.8) is 0 Å². The quantitative estimate of drug-likeness (QED) is 0.414. The van der Waals surface area contributed by atoms with Gasteiger partial charge in [0.25, 0.3) is 0 Å². The van der Waals surface area contributed by atoms with E-state index < -0.39 is 0 Å². The molecule has 0 aromatic heterocycles. The number of aliphatic hydroxyl groups is 1. The molecule has 1 fully saturated rings. The number of aliphatic hydroxyl groups excluding tert-OH is 1. The minimum atomic E-state index is 0.00194. The van der Waals surface area contributed by atoms with Crippen LogP contribution in [0.15, 0.2) is 59.6 Å². The first-order valence-corrected chi connectivity index (χ1v) is 10.6. The summed E-state index contributed by atoms with van der Waals surface area (Å²) in [6.07, 6.45) is 2.61. The molecule has 1 aliphatic rings. The minimum absolute atomic E-state index is 0.00194. The Labute approximate surface area is 179 Å². The van der Waals surface area contributed by atoms with Crippen LogP contribution in [0.3, 0.4) is 0 Å². The van der Waals surface area contributed by atoms with Crippen molar-refractivity contribution >= 4 is 5.96 Å². The van der Waals surface area contributed by atoms with Crippen LogP contribution in [-0.4, -0.2) is 51.0 Å². The van der Waals surface area contributed by atoms with Gasteiger partial charge in [0.15, 0.2) is 5.96 Å². The Hall–Kier alpha value is -2.57. The lowest BCUT2D eigenvalue weighted by molar-refractivity contribution is 0.127. The van der Waals surface area contributed by atoms with Gasteiger partial charge in [0, 0.05) is 38.8 Å². The predicted molar refractivity (Wildman–Crippen MR) is 120 cm³/mol. The molecule has 0 bridgehead atoms. The van der Waals surface area contributed by atoms with Gasteiger partial charge in [-0.1, -0.05) is 42.5 Å². The van der Waals surface area contributed by atoms with Gasteiger partial charge in [0.1, 0.15) is 12.4 Å². The molecular formula is C24H33N3O3. The lowest BCUT2D eigenvalue weighted by Gasteiger charge is -2.27. The standard InChI is InChI=1S/C24H33N3O3/c1-25-23(27-18-24(12-15-28)13-16-29-19-24)26-14-11-20-7-9-22(10-8-20)30-17-21-5-3-2-4-6-21/h2-10,28H,11-19H2,1H3,(H2,25,26,27). The van der Waals surface area contributed by atoms with Gasteiger partial charge < -0.3 is 25.2 Å². The number of ether oxygens (including phenoxy) is 2. The van der Waals surface area contributed by atoms with Crippen molar-refractivity contribution in [2.24, 2.45) is 10.4 Å². The highest BCUT2D eigenvalue weighted by Crippen LogP contribution is 2.31. The van der Waals surface area contributed by atoms with Crippen molar-refractivity contribution < 1.29 is 14.6 Å². The molecule has 0 saturated carbocycles. The van der Waals surface area contributed by atoms with Gasteiger partial charge in [0.2, 0.25) is 0 Å². The second-order valence-electron chi connectivity index (χ2n) is 7.80. The first-order valence-electron chi connectivity index (χ1n) is 10.6. The second kappa shape index (κ2) is 11.6. The van der Waals surface area contributed by atoms with Gasteiger partial charge in [-0.05, 0) is 42.5 Å². The van der Waals surface area contributed by atoms with Gasteiger partial charge >= 0.3 is 0 Å². The van der Waals surface area contributed by atoms with Crippen LogP contribution in [0.25, 0.3) is 0 Å². The van der Waals surface area contributed by atoms with E-state index in [9.17, 15) is 5.11 Å². The first kappa shape index (κ1) is 22.1. The zero-order valence-corrected chi connectivity index (χ0v) is 17.8. The molecule has 0 aliphatic carbocycles. The number of nitrogens with zero attached hydrogens (tertiary/aromatic N) is 1. The molecule has 162 valence electrons. The number of guanidine groups is 1. The third-order valence-electron chi connectivity index (χ3n) is 5.56. The highest BCUT2D eigenvalue weighted by atomic mass is 16.5. The van der Waals surface area contributed by atoms with Gasteiger partial charge in [0.05, 0.1) is 6.61 Å². The molecule has 2 aromatic rings. The van der Waals surface area contributed by atoms with Crippen LogP contribution in [0.2, 0.25) is 0 Å². The summed E-state index contributed by atoms with van der Waals surface area (Å²) >= 11 is 0. The Kier molecular flexibility index (Phi) is 8.53. The van der Waals surface area contributed by atoms with Crippen LogP contribution < -0.4 is 15.4 Å². The zero-order chi connectivity index (χ0) is 21.1. The average Bonchev–Trinajstić information content (AvgIpc) is 3.25. The predicted octanol–water partition coefficient (Wildman–Crippen LogP) is 2.76. The maximum atomic E-state index is 9.35. The molecule has 1 unspecified atom stereocenters. The molecule has 0 radical (unpaired) electrons. The Morgan fingerprint density at radius 3 is 2.57 bits per heavy atom. The van der Waals surface area contributed by atoms with E-state index in [1.54, 1.807) is 7.05 Å². The SMILES string of the molecule is CN=C(NCCc1ccc(OCc2ccccc2)cc1)NCC1(CCO)CCOC1. The van der Waals surface area contributed by atoms with Crippen LogP contribution in [-0.2, 0) is 17.8 Å². The summed E-state index contributed by atoms with van der Waals surface area (Å²) in [5, 5.41) is 16.1. The molecule has 30 heavy (non-hydrogen) atoms. The summed E-state index contributed by atoms with van der Waals surface area (Å²) in [5.41, 5.74) is 2.41. The molecular weight excluding hydrogens is 378 g/mol. The monoisotopic (exact) mass is 411 g/mol. The molecule has 1 atom stereocenters. The maximum absolute atomic E-state index is 9.35. The van der Waals surface area contributed by atoms with E-state index in [1.165, 1.54) is 5.56 Å². The average molecular weight is 412 g/mol. The fourth-order valence-electron chi connectivity index (χ4n) is 3.62. The van der Waals surface area contributed by atoms with Crippen LogP contribution in [0.4, 0.5) is 0 Å². The number of hydrogen-bond donors (Lipinski definition) is 3. The minimum Gasteiger partial charge on any atom is -0.489 e. The summed E-state index contributed by atoms with van der Waals surface area (Å²) < 4.78 is 11.4. The van der Waals surface area contributed by atoms with Gasteiger partial charge in [-0.15, -0.1) is 0 Å². The number of rotatable bonds is 10. The lowest BCUT2D eigenvalue weighted by Crippen LogP contribution is -2.45. The number of hydrogen-bond acceptors (Lipinski definition) is 4. The van der Waals surface area contributed by atoms with Crippen molar-refractivity contribution in [2.45, 2.75) is 25.9 Å². The molecule has 6 heteroatoms. The summed E-state index contributed by atoms with van der Waals surface area (Å²) in [5.74, 6) is 1.66. The van der Waals surface area contributed by atoms with Crippen molar-refractivity contribution in [3.05, 3.63) is 65.7 Å². The van der Waals surface area contributed by atoms with Crippen LogP contribution >= 0.6 is 0 Å². The van der Waals surface area contributed by atoms with Gasteiger partial charge in [-0.25, -0.2) is 0 Å². The Balaban J connectivity index is 1.39. The number of aliphatic imine (C=N–C) groups is 1. The van der Waals surface area contributed by atoms with E-state index in [0.29, 0.717) is 13.2 Å². The third kappa shape index (κ3) is 6.75. The smallest absolute Gasteiger partial charge is 0.191 e. The highest BCUT2D eigenvalue weighted by molar-refractivity contribution is 5.79. The summed E-state index contributed by atoms with van der Waals surface area (Å²) in [4.78, 5) is 4.31. The van der Waals surface area contributed by atoms with Gasteiger partial charge in [-0.3, -0.25) is 4.99 Å². The summed E-state index contributed by atoms with van der Waals surface area (Å²) in [7, 11) is 1.78. The summed E-state index contributed by atoms with van der Waals surface area (Å²) in [6, 6.07) is 18.4. The number of nitrogens with one attached hydrogen (secondary N) is 2. The van der Waals surface area contributed by atoms with Crippen molar-refractivity contribution in [1.29, 1.82) is 0 Å². The number of benzene rings is 2. The summed E-state index contributed by atoms with van der Waals surface area (Å²) in [6.45, 7) is 3.75. The second-order valence-corrected chi connectivity index (χ2v) is 7.80. The Morgan fingerprint density at radius 1 is 1.10 bits per heavy atom. The van der Waals surface area contributed by atoms with Crippen molar-refractivity contribution in [1.82, 2.24) is 10.6 Å². The molecule has 1 heterocycles. The van der Waals surface area contributed by atoms with Crippen LogP contribution in [0.5, 0.6) is 5.75 Å². The lowest BCUT2D eigenvalue weighted by atomic mass is 9.84. The zero-order valence-electron chi connectivity index (χ0n) is 17.8. The van der Waals surface area contributed by atoms with Crippen molar-refractivity contribution in [3.8, 4) is 5.75 Å². The molecule has 3 rings (SSSR count). The van der Waals surface area contributed by atoms with E-state index in [-0.39, 0.29) is 12.0 Å². The van der Waals surface area contributed by atoms with E-state index in [2.05, 4.69) is 39.9 Å². The fourth-order valence-corrected chi connectivity index (χ4v) is 3.62. The molecule has 3 N–H and O–H groups in total. The van der Waals surface area contributed by atoms with Gasteiger partial charge in [-0.2, -0.15) is 0 Å². The Morgan fingerprint density at radius 2 is 1.90 bits per heavy atom. The van der Waals surface area contributed by atoms with E-state index >= 15 is 0 Å². The topological polar surface area (TPSA) is 75.1 Å². The molecule has 0 spiro atoms. The molecule has 2 aromatic carbocycles. The van der Waals surface area contributed by atoms with Crippen molar-refractivity contribution in [2.75, 3.05) is 40.0 Å². The van der Waals surface area contributed by atoms with Crippen LogP contribution in [0, 0.1) is 5.41 Å². The third-order valence-corrected chi connectivity index (χ3v) is 5.56. The van der Waals surface area contributed by atoms with E-state index in [4.69, 9.17) is 9.47 Å². The molecule has 6 nitrogen and oxygen atoms in total. The molecule has 0 amide bonds. The van der Waals surface area contributed by atoms with E-state index in [1.807, 2.05) is 30.3 Å². The fraction of sp³-hybridized carbons (Fsp3) is 0.458. The van der Waals surface area contributed by atoms with Crippen LogP contribution in [0.1, 0.15) is 24.0 Å². The Bertz CT molecular complexity index is 772. The maximum Gasteiger partial charge on any atom is 0.191 e. The van der Waals surface area contributed by atoms with E-state index in [0.717, 1.165) is 56.2 Å². The highest BCUT2D eigenvalue weighted by Gasteiger charge is 2.34. The first-order chi connectivity index (χ1) is 14.7. The molecule has 1 saturated heterocycles. The largest absolute Gasteiger partial charge is 0.489 e. The normalized spacial score (nSPS) is 18.9. The molecule has 1 aliphatic heterocycles.